The largest absolute Gasteiger partial charge is 0.396 e. The molecule has 1 N–H and O–H groups in total. The molecule has 3 rings (SSSR count). The van der Waals surface area contributed by atoms with Gasteiger partial charge in [0.1, 0.15) is 4.83 Å². The van der Waals surface area contributed by atoms with Crippen molar-refractivity contribution in [2.45, 2.75) is 19.9 Å². The van der Waals surface area contributed by atoms with Gasteiger partial charge in [-0.15, -0.1) is 11.3 Å². The van der Waals surface area contributed by atoms with Crippen molar-refractivity contribution in [2.75, 3.05) is 6.61 Å². The molecule has 24 heavy (non-hydrogen) atoms. The molecule has 0 saturated heterocycles. The first-order valence-corrected chi connectivity index (χ1v) is 8.75. The lowest BCUT2D eigenvalue weighted by molar-refractivity contribution is 0.277. The lowest BCUT2D eigenvalue weighted by atomic mass is 10.1. The molecule has 1 aromatic carbocycles. The van der Waals surface area contributed by atoms with E-state index in [4.69, 9.17) is 16.7 Å². The quantitative estimate of drug-likeness (QED) is 0.774. The molecule has 0 unspecified atom stereocenters. The van der Waals surface area contributed by atoms with Gasteiger partial charge in [0.15, 0.2) is 0 Å². The summed E-state index contributed by atoms with van der Waals surface area (Å²) in [5.74, 6) is 0. The molecule has 0 bridgehead atoms. The Morgan fingerprint density at radius 3 is 2.62 bits per heavy atom. The van der Waals surface area contributed by atoms with Gasteiger partial charge in [0.25, 0.3) is 5.56 Å². The van der Waals surface area contributed by atoms with Gasteiger partial charge in [0.05, 0.1) is 5.39 Å². The lowest BCUT2D eigenvalue weighted by Gasteiger charge is -2.07. The minimum absolute atomic E-state index is 0.0683. The van der Waals surface area contributed by atoms with E-state index in [1.807, 2.05) is 25.1 Å². The van der Waals surface area contributed by atoms with Gasteiger partial charge < -0.3 is 5.11 Å². The number of hydrogen-bond acceptors (Lipinski definition) is 4. The third kappa shape index (κ3) is 2.60. The molecule has 7 heteroatoms. The van der Waals surface area contributed by atoms with E-state index in [1.165, 1.54) is 20.5 Å². The van der Waals surface area contributed by atoms with Crippen molar-refractivity contribution >= 4 is 33.2 Å². The number of aliphatic hydroxyl groups is 1. The Hall–Kier alpha value is -1.89. The second-order valence-corrected chi connectivity index (χ2v) is 7.00. The van der Waals surface area contributed by atoms with Crippen molar-refractivity contribution in [3.8, 4) is 10.4 Å². The summed E-state index contributed by atoms with van der Waals surface area (Å²) in [5.41, 5.74) is 0.995. The fourth-order valence-corrected chi connectivity index (χ4v) is 4.38. The van der Waals surface area contributed by atoms with Crippen LogP contribution in [0.3, 0.4) is 0 Å². The molecular weight excluding hydrogens is 348 g/mol. The van der Waals surface area contributed by atoms with Crippen molar-refractivity contribution < 1.29 is 5.11 Å². The van der Waals surface area contributed by atoms with E-state index >= 15 is 0 Å². The van der Waals surface area contributed by atoms with E-state index < -0.39 is 0 Å². The van der Waals surface area contributed by atoms with Crippen LogP contribution in [-0.4, -0.2) is 20.8 Å². The fourth-order valence-electron chi connectivity index (χ4n) is 2.80. The molecule has 0 spiro atoms. The van der Waals surface area contributed by atoms with Crippen molar-refractivity contribution in [3.05, 3.63) is 55.7 Å². The first-order chi connectivity index (χ1) is 11.5. The number of aromatic nitrogens is 2. The zero-order valence-corrected chi connectivity index (χ0v) is 14.9. The van der Waals surface area contributed by atoms with Crippen LogP contribution in [0.4, 0.5) is 0 Å². The first kappa shape index (κ1) is 17.0. The summed E-state index contributed by atoms with van der Waals surface area (Å²) in [6.45, 7) is 2.01. The number of hydrogen-bond donors (Lipinski definition) is 1. The van der Waals surface area contributed by atoms with Crippen LogP contribution in [0.15, 0.2) is 33.9 Å². The molecule has 0 saturated carbocycles. The van der Waals surface area contributed by atoms with Crippen molar-refractivity contribution in [2.24, 2.45) is 7.05 Å². The van der Waals surface area contributed by atoms with Crippen molar-refractivity contribution in [1.82, 2.24) is 9.13 Å². The predicted molar refractivity (Wildman–Crippen MR) is 98.2 cm³/mol. The summed E-state index contributed by atoms with van der Waals surface area (Å²) in [4.78, 5) is 26.8. The van der Waals surface area contributed by atoms with Crippen LogP contribution in [0.1, 0.15) is 12.0 Å². The third-order valence-corrected chi connectivity index (χ3v) is 5.80. The van der Waals surface area contributed by atoms with E-state index in [-0.39, 0.29) is 24.4 Å². The van der Waals surface area contributed by atoms with Gasteiger partial charge in [-0.2, -0.15) is 0 Å². The van der Waals surface area contributed by atoms with Crippen LogP contribution in [-0.2, 0) is 13.6 Å². The van der Waals surface area contributed by atoms with Gasteiger partial charge in [-0.25, -0.2) is 4.79 Å². The molecule has 0 atom stereocenters. The number of thiophene rings is 1. The standard InChI is InChI=1S/C17H17ClN2O3S/c1-10-13-15(22)20(8-5-9-21)17(23)19(2)16(13)24-14(10)11-6-3-4-7-12(11)18/h3-4,6-7,21H,5,8-9H2,1-2H3. The highest BCUT2D eigenvalue weighted by Crippen LogP contribution is 2.39. The Bertz CT molecular complexity index is 1030. The Balaban J connectivity index is 2.35. The van der Waals surface area contributed by atoms with Gasteiger partial charge in [-0.3, -0.25) is 13.9 Å². The molecule has 0 radical (unpaired) electrons. The maximum absolute atomic E-state index is 12.8. The Kier molecular flexibility index (Phi) is 4.62. The second kappa shape index (κ2) is 6.55. The first-order valence-electron chi connectivity index (χ1n) is 7.56. The third-order valence-electron chi connectivity index (χ3n) is 4.07. The van der Waals surface area contributed by atoms with E-state index in [2.05, 4.69) is 0 Å². The summed E-state index contributed by atoms with van der Waals surface area (Å²) >= 11 is 7.69. The molecule has 2 aromatic heterocycles. The number of rotatable bonds is 4. The highest BCUT2D eigenvalue weighted by Gasteiger charge is 2.20. The average molecular weight is 365 g/mol. The minimum atomic E-state index is -0.368. The summed E-state index contributed by atoms with van der Waals surface area (Å²) in [6, 6.07) is 7.46. The molecule has 0 aliphatic rings. The van der Waals surface area contributed by atoms with Crippen molar-refractivity contribution in [1.29, 1.82) is 0 Å². The van der Waals surface area contributed by atoms with E-state index in [1.54, 1.807) is 13.1 Å². The van der Waals surface area contributed by atoms with Gasteiger partial charge in [-0.1, -0.05) is 29.8 Å². The van der Waals surface area contributed by atoms with E-state index in [0.29, 0.717) is 21.7 Å². The van der Waals surface area contributed by atoms with Crippen LogP contribution in [0.5, 0.6) is 0 Å². The molecule has 0 amide bonds. The summed E-state index contributed by atoms with van der Waals surface area (Å²) < 4.78 is 2.68. The maximum Gasteiger partial charge on any atom is 0.331 e. The summed E-state index contributed by atoms with van der Waals surface area (Å²) in [7, 11) is 1.66. The van der Waals surface area contributed by atoms with Crippen molar-refractivity contribution in [3.63, 3.8) is 0 Å². The number of aryl methyl sites for hydroxylation is 2. The molecule has 2 heterocycles. The van der Waals surface area contributed by atoms with E-state index in [0.717, 1.165) is 16.0 Å². The number of aliphatic hydroxyl groups excluding tert-OH is 1. The monoisotopic (exact) mass is 364 g/mol. The van der Waals surface area contributed by atoms with Crippen LogP contribution in [0.25, 0.3) is 20.7 Å². The Morgan fingerprint density at radius 2 is 1.96 bits per heavy atom. The zero-order chi connectivity index (χ0) is 17.4. The Morgan fingerprint density at radius 1 is 1.25 bits per heavy atom. The highest BCUT2D eigenvalue weighted by atomic mass is 35.5. The smallest absolute Gasteiger partial charge is 0.331 e. The lowest BCUT2D eigenvalue weighted by Crippen LogP contribution is -2.39. The van der Waals surface area contributed by atoms with Crippen LogP contribution >= 0.6 is 22.9 Å². The Labute approximate surface area is 147 Å². The number of nitrogens with zero attached hydrogens (tertiary/aromatic N) is 2. The minimum Gasteiger partial charge on any atom is -0.396 e. The van der Waals surface area contributed by atoms with Gasteiger partial charge in [-0.05, 0) is 25.0 Å². The normalized spacial score (nSPS) is 11.3. The summed E-state index contributed by atoms with van der Waals surface area (Å²) in [5, 5.41) is 10.1. The molecule has 0 aliphatic heterocycles. The van der Waals surface area contributed by atoms with Crippen LogP contribution in [0.2, 0.25) is 5.02 Å². The number of benzene rings is 1. The zero-order valence-electron chi connectivity index (χ0n) is 13.4. The molecule has 0 aliphatic carbocycles. The number of halogens is 1. The molecule has 5 nitrogen and oxygen atoms in total. The van der Waals surface area contributed by atoms with Crippen LogP contribution in [0, 0.1) is 6.92 Å². The second-order valence-electron chi connectivity index (χ2n) is 5.59. The van der Waals surface area contributed by atoms with Gasteiger partial charge in [0, 0.05) is 35.7 Å². The molecular formula is C17H17ClN2O3S. The van der Waals surface area contributed by atoms with E-state index in [9.17, 15) is 9.59 Å². The van der Waals surface area contributed by atoms with Gasteiger partial charge in [0.2, 0.25) is 0 Å². The molecule has 0 fully saturated rings. The predicted octanol–water partition coefficient (Wildman–Crippen LogP) is 2.77. The highest BCUT2D eigenvalue weighted by molar-refractivity contribution is 7.22. The average Bonchev–Trinajstić information content (AvgIpc) is 2.91. The maximum atomic E-state index is 12.8. The number of fused-ring (bicyclic) bond motifs is 1. The fraction of sp³-hybridized carbons (Fsp3) is 0.294. The molecule has 3 aromatic rings. The topological polar surface area (TPSA) is 64.2 Å². The van der Waals surface area contributed by atoms with Gasteiger partial charge >= 0.3 is 5.69 Å². The van der Waals surface area contributed by atoms with Crippen LogP contribution < -0.4 is 11.2 Å². The molecule has 126 valence electrons. The summed E-state index contributed by atoms with van der Waals surface area (Å²) in [6.07, 6.45) is 0.362. The SMILES string of the molecule is Cc1c(-c2ccccc2Cl)sc2c1c(=O)n(CCCO)c(=O)n2C.